The fourth-order valence-electron chi connectivity index (χ4n) is 3.10. The standard InChI is InChI=1S/C22H32O5/c1-2-3-4-5-6-9-12-18-19(21(25)16-20(18)24)15-14-17(23)11-8-7-10-13-22(26)27/h3-4,6-9,14-15,17-19,21,23,25H,2,5,10-13,16H2,1H3,(H,26,27)/b4-3-,8-7-,9-6-,15-14+. The summed E-state index contributed by atoms with van der Waals surface area (Å²) in [6, 6.07) is 0. The first-order chi connectivity index (χ1) is 13.0. The number of carbonyl (C=O) groups is 2. The van der Waals surface area contributed by atoms with Crippen LogP contribution in [0.1, 0.15) is 51.9 Å². The molecule has 5 nitrogen and oxygen atoms in total. The van der Waals surface area contributed by atoms with E-state index in [1.54, 1.807) is 24.3 Å². The molecule has 27 heavy (non-hydrogen) atoms. The lowest BCUT2D eigenvalue weighted by Gasteiger charge is -2.16. The average molecular weight is 376 g/mol. The molecule has 1 aliphatic carbocycles. The first kappa shape index (κ1) is 23.1. The maximum Gasteiger partial charge on any atom is 0.303 e. The number of hydrogen-bond acceptors (Lipinski definition) is 4. The molecular formula is C22H32O5. The van der Waals surface area contributed by atoms with E-state index in [1.807, 2.05) is 12.2 Å². The highest BCUT2D eigenvalue weighted by Crippen LogP contribution is 2.33. The maximum absolute atomic E-state index is 12.1. The predicted molar refractivity (Wildman–Crippen MR) is 106 cm³/mol. The number of carbonyl (C=O) groups excluding carboxylic acids is 1. The van der Waals surface area contributed by atoms with E-state index in [9.17, 15) is 19.8 Å². The van der Waals surface area contributed by atoms with Crippen LogP contribution in [0.4, 0.5) is 0 Å². The Balaban J connectivity index is 2.50. The number of aliphatic carboxylic acids is 1. The van der Waals surface area contributed by atoms with Crippen LogP contribution in [0.2, 0.25) is 0 Å². The largest absolute Gasteiger partial charge is 0.481 e. The molecule has 0 radical (unpaired) electrons. The van der Waals surface area contributed by atoms with Gasteiger partial charge in [0.25, 0.3) is 0 Å². The Labute approximate surface area is 161 Å². The van der Waals surface area contributed by atoms with E-state index in [1.165, 1.54) is 0 Å². The maximum atomic E-state index is 12.1. The summed E-state index contributed by atoms with van der Waals surface area (Å²) in [4.78, 5) is 22.6. The molecule has 1 rings (SSSR count). The van der Waals surface area contributed by atoms with Gasteiger partial charge in [-0.1, -0.05) is 55.5 Å². The van der Waals surface area contributed by atoms with Crippen LogP contribution in [0, 0.1) is 11.8 Å². The van der Waals surface area contributed by atoms with Crippen molar-refractivity contribution in [3.05, 3.63) is 48.6 Å². The zero-order valence-corrected chi connectivity index (χ0v) is 16.0. The van der Waals surface area contributed by atoms with Crippen LogP contribution in [-0.4, -0.2) is 39.3 Å². The van der Waals surface area contributed by atoms with Gasteiger partial charge in [0.05, 0.1) is 12.2 Å². The second kappa shape index (κ2) is 13.2. The van der Waals surface area contributed by atoms with Gasteiger partial charge in [-0.05, 0) is 32.1 Å². The Morgan fingerprint density at radius 1 is 1.19 bits per heavy atom. The van der Waals surface area contributed by atoms with Crippen molar-refractivity contribution in [2.45, 2.75) is 64.1 Å². The molecule has 0 aromatic rings. The Kier molecular flexibility index (Phi) is 11.3. The topological polar surface area (TPSA) is 94.8 Å². The summed E-state index contributed by atoms with van der Waals surface area (Å²) < 4.78 is 0. The molecule has 0 aliphatic heterocycles. The van der Waals surface area contributed by atoms with Crippen molar-refractivity contribution < 1.29 is 24.9 Å². The number of aliphatic hydroxyl groups is 2. The molecule has 0 spiro atoms. The van der Waals surface area contributed by atoms with E-state index in [4.69, 9.17) is 5.11 Å². The molecular weight excluding hydrogens is 344 g/mol. The molecule has 0 aromatic heterocycles. The minimum atomic E-state index is -0.846. The Morgan fingerprint density at radius 3 is 2.63 bits per heavy atom. The summed E-state index contributed by atoms with van der Waals surface area (Å²) in [6.45, 7) is 2.08. The van der Waals surface area contributed by atoms with Crippen LogP contribution >= 0.6 is 0 Å². The van der Waals surface area contributed by atoms with Gasteiger partial charge in [0.15, 0.2) is 0 Å². The summed E-state index contributed by atoms with van der Waals surface area (Å²) >= 11 is 0. The highest BCUT2D eigenvalue weighted by atomic mass is 16.4. The summed E-state index contributed by atoms with van der Waals surface area (Å²) in [5.41, 5.74) is 0. The second-order valence-electron chi connectivity index (χ2n) is 6.84. The van der Waals surface area contributed by atoms with E-state index in [-0.39, 0.29) is 30.5 Å². The quantitative estimate of drug-likeness (QED) is 0.453. The second-order valence-corrected chi connectivity index (χ2v) is 6.84. The number of aliphatic hydroxyl groups excluding tert-OH is 2. The number of carboxylic acids is 1. The first-order valence-corrected chi connectivity index (χ1v) is 9.69. The van der Waals surface area contributed by atoms with Gasteiger partial charge in [0.1, 0.15) is 5.78 Å². The lowest BCUT2D eigenvalue weighted by molar-refractivity contribution is -0.136. The van der Waals surface area contributed by atoms with Crippen LogP contribution in [0.3, 0.4) is 0 Å². The zero-order chi connectivity index (χ0) is 20.1. The molecule has 150 valence electrons. The molecule has 0 amide bonds. The van der Waals surface area contributed by atoms with E-state index < -0.39 is 18.2 Å². The number of allylic oxidation sites excluding steroid dienone is 5. The smallest absolute Gasteiger partial charge is 0.303 e. The van der Waals surface area contributed by atoms with E-state index in [2.05, 4.69) is 19.1 Å². The van der Waals surface area contributed by atoms with Crippen LogP contribution in [0.15, 0.2) is 48.6 Å². The highest BCUT2D eigenvalue weighted by Gasteiger charge is 2.39. The zero-order valence-electron chi connectivity index (χ0n) is 16.0. The molecule has 0 bridgehead atoms. The average Bonchev–Trinajstić information content (AvgIpc) is 2.88. The SMILES string of the molecule is CC/C=C\C/C=C\CC1C(=O)CC(O)C1/C=C/C(O)C/C=C\CCC(=O)O. The molecule has 1 aliphatic rings. The summed E-state index contributed by atoms with van der Waals surface area (Å²) in [7, 11) is 0. The van der Waals surface area contributed by atoms with Crippen molar-refractivity contribution in [3.8, 4) is 0 Å². The lowest BCUT2D eigenvalue weighted by atomic mass is 9.90. The normalized spacial score (nSPS) is 24.9. The monoisotopic (exact) mass is 376 g/mol. The Morgan fingerprint density at radius 2 is 1.93 bits per heavy atom. The van der Waals surface area contributed by atoms with E-state index in [0.717, 1.165) is 12.8 Å². The van der Waals surface area contributed by atoms with Gasteiger partial charge in [-0.25, -0.2) is 0 Å². The van der Waals surface area contributed by atoms with Gasteiger partial charge in [0.2, 0.25) is 0 Å². The Bertz CT molecular complexity index is 573. The van der Waals surface area contributed by atoms with Gasteiger partial charge in [-0.15, -0.1) is 0 Å². The van der Waals surface area contributed by atoms with Gasteiger partial charge in [0, 0.05) is 24.7 Å². The summed E-state index contributed by atoms with van der Waals surface area (Å²) in [5.74, 6) is -1.31. The fraction of sp³-hybridized carbons (Fsp3) is 0.545. The van der Waals surface area contributed by atoms with Gasteiger partial charge in [-0.2, -0.15) is 0 Å². The van der Waals surface area contributed by atoms with E-state index in [0.29, 0.717) is 19.3 Å². The molecule has 1 fully saturated rings. The number of carboxylic acid groups (broad SMARTS) is 1. The summed E-state index contributed by atoms with van der Waals surface area (Å²) in [6.07, 6.45) is 17.1. The predicted octanol–water partition coefficient (Wildman–Crippen LogP) is 3.58. The van der Waals surface area contributed by atoms with Crippen LogP contribution < -0.4 is 0 Å². The van der Waals surface area contributed by atoms with Gasteiger partial charge < -0.3 is 15.3 Å². The van der Waals surface area contributed by atoms with Crippen molar-refractivity contribution in [2.75, 3.05) is 0 Å². The minimum absolute atomic E-state index is 0.0638. The number of ketones is 1. The van der Waals surface area contributed by atoms with Crippen molar-refractivity contribution in [1.82, 2.24) is 0 Å². The molecule has 1 saturated carbocycles. The summed E-state index contributed by atoms with van der Waals surface area (Å²) in [5, 5.41) is 28.7. The highest BCUT2D eigenvalue weighted by molar-refractivity contribution is 5.84. The van der Waals surface area contributed by atoms with Crippen LogP contribution in [0.25, 0.3) is 0 Å². The lowest BCUT2D eigenvalue weighted by Crippen LogP contribution is -2.18. The number of hydrogen-bond donors (Lipinski definition) is 3. The minimum Gasteiger partial charge on any atom is -0.481 e. The van der Waals surface area contributed by atoms with Crippen molar-refractivity contribution in [2.24, 2.45) is 11.8 Å². The molecule has 0 heterocycles. The fourth-order valence-corrected chi connectivity index (χ4v) is 3.10. The van der Waals surface area contributed by atoms with Crippen molar-refractivity contribution in [1.29, 1.82) is 0 Å². The third-order valence-electron chi connectivity index (χ3n) is 4.59. The first-order valence-electron chi connectivity index (χ1n) is 9.69. The molecule has 0 aromatic carbocycles. The van der Waals surface area contributed by atoms with Crippen LogP contribution in [0.5, 0.6) is 0 Å². The van der Waals surface area contributed by atoms with Gasteiger partial charge in [-0.3, -0.25) is 9.59 Å². The molecule has 4 atom stereocenters. The molecule has 0 saturated heterocycles. The number of Topliss-reactive ketones (excluding diaryl/α,β-unsaturated/α-hetero) is 1. The number of rotatable bonds is 12. The third kappa shape index (κ3) is 9.50. The molecule has 3 N–H and O–H groups in total. The molecule has 4 unspecified atom stereocenters. The van der Waals surface area contributed by atoms with Gasteiger partial charge >= 0.3 is 5.97 Å². The van der Waals surface area contributed by atoms with Crippen molar-refractivity contribution in [3.63, 3.8) is 0 Å². The van der Waals surface area contributed by atoms with Crippen molar-refractivity contribution >= 4 is 11.8 Å². The van der Waals surface area contributed by atoms with Crippen LogP contribution in [-0.2, 0) is 9.59 Å². The Hall–Kier alpha value is -1.98. The van der Waals surface area contributed by atoms with E-state index >= 15 is 0 Å². The third-order valence-corrected chi connectivity index (χ3v) is 4.59. The molecule has 5 heteroatoms.